The molecule has 0 amide bonds. The lowest BCUT2D eigenvalue weighted by atomic mass is 10.3. The van der Waals surface area contributed by atoms with Crippen LogP contribution in [0.25, 0.3) is 0 Å². The van der Waals surface area contributed by atoms with Crippen LogP contribution in [0.2, 0.25) is 0 Å². The van der Waals surface area contributed by atoms with Crippen molar-refractivity contribution in [3.63, 3.8) is 0 Å². The van der Waals surface area contributed by atoms with E-state index >= 15 is 0 Å². The minimum absolute atomic E-state index is 0. The number of hydrogen-bond donors (Lipinski definition) is 0. The summed E-state index contributed by atoms with van der Waals surface area (Å²) in [5, 5.41) is 14.2. The largest absolute Gasteiger partial charge is 1.00 e. The van der Waals surface area contributed by atoms with Crippen LogP contribution in [0.4, 0.5) is 11.4 Å². The molecule has 0 radical (unpaired) electrons. The smallest absolute Gasteiger partial charge is 0.546 e. The first-order chi connectivity index (χ1) is 8.58. The second kappa shape index (κ2) is 6.31. The average Bonchev–Trinajstić information content (AvgIpc) is 2.67. The topological polar surface area (TPSA) is 46.8 Å². The van der Waals surface area contributed by atoms with Crippen LogP contribution < -0.4 is 17.3 Å². The highest BCUT2D eigenvalue weighted by atomic mass is 35.5. The van der Waals surface area contributed by atoms with E-state index in [9.17, 15) is 0 Å². The quantitative estimate of drug-likeness (QED) is 0.517. The fourth-order valence-corrected chi connectivity index (χ4v) is 1.58. The molecule has 0 spiro atoms. The third-order valence-electron chi connectivity index (χ3n) is 2.68. The molecule has 102 valence electrons. The Kier molecular flexibility index (Phi) is 5.03. The van der Waals surface area contributed by atoms with Gasteiger partial charge in [0.1, 0.15) is 5.10 Å². The summed E-state index contributed by atoms with van der Waals surface area (Å²) in [7, 11) is 7.72. The number of halogens is 1. The zero-order valence-corrected chi connectivity index (χ0v) is 12.2. The third-order valence-corrected chi connectivity index (χ3v) is 2.68. The number of benzene rings is 1. The maximum atomic E-state index is 4.24. The van der Waals surface area contributed by atoms with Gasteiger partial charge >= 0.3 is 6.34 Å². The van der Waals surface area contributed by atoms with Crippen LogP contribution in [-0.4, -0.2) is 50.7 Å². The van der Waals surface area contributed by atoms with Crippen LogP contribution in [0.15, 0.2) is 39.6 Å². The fourth-order valence-electron chi connectivity index (χ4n) is 1.58. The molecule has 0 saturated heterocycles. The van der Waals surface area contributed by atoms with E-state index in [4.69, 9.17) is 0 Å². The van der Waals surface area contributed by atoms with E-state index in [-0.39, 0.29) is 18.7 Å². The Labute approximate surface area is 119 Å². The first-order valence-corrected chi connectivity index (χ1v) is 5.68. The zero-order chi connectivity index (χ0) is 13.1. The van der Waals surface area contributed by atoms with E-state index in [1.807, 2.05) is 57.4 Å². The van der Waals surface area contributed by atoms with E-state index in [1.165, 1.54) is 0 Å². The van der Waals surface area contributed by atoms with Gasteiger partial charge in [0, 0.05) is 26.8 Å². The number of azo groups is 1. The van der Waals surface area contributed by atoms with Crippen LogP contribution in [0.1, 0.15) is 0 Å². The van der Waals surface area contributed by atoms with Gasteiger partial charge in [-0.3, -0.25) is 0 Å². The molecule has 0 N–H and O–H groups in total. The maximum absolute atomic E-state index is 4.24. The molecule has 0 aromatic heterocycles. The third kappa shape index (κ3) is 3.53. The molecule has 0 bridgehead atoms. The van der Waals surface area contributed by atoms with Crippen molar-refractivity contribution >= 4 is 17.7 Å². The van der Waals surface area contributed by atoms with Gasteiger partial charge in [-0.1, -0.05) is 0 Å². The summed E-state index contributed by atoms with van der Waals surface area (Å²) in [6.07, 6.45) is 2.59. The van der Waals surface area contributed by atoms with Gasteiger partial charge in [0.15, 0.2) is 0 Å². The standard InChI is InChI=1S/C12H17N6.ClH/c1-16(2)11-7-5-10(6-8-11)14-15-12-17(3)9-13-18(12)4;/h5-8,12H,1-4H3;1H/q+1;/p-1. The first-order valence-electron chi connectivity index (χ1n) is 5.68. The molecular formula is C12H17ClN6. The van der Waals surface area contributed by atoms with E-state index in [2.05, 4.69) is 21.7 Å². The molecule has 1 atom stereocenters. The van der Waals surface area contributed by atoms with Gasteiger partial charge in [-0.2, -0.15) is 5.11 Å². The van der Waals surface area contributed by atoms with Crippen molar-refractivity contribution in [2.45, 2.75) is 6.29 Å². The predicted molar refractivity (Wildman–Crippen MR) is 72.0 cm³/mol. The lowest BCUT2D eigenvalue weighted by molar-refractivity contribution is -0.00000394. The number of hydrazone groups is 1. The molecule has 19 heavy (non-hydrogen) atoms. The number of nitrogens with zero attached hydrogens (tertiary/aromatic N) is 6. The predicted octanol–water partition coefficient (Wildman–Crippen LogP) is -1.18. The summed E-state index contributed by atoms with van der Waals surface area (Å²) < 4.78 is 0. The monoisotopic (exact) mass is 280 g/mol. The molecule has 7 heteroatoms. The summed E-state index contributed by atoms with van der Waals surface area (Å²) in [4.78, 5) is 3.82. The molecule has 1 aliphatic rings. The van der Waals surface area contributed by atoms with E-state index in [1.54, 1.807) is 9.91 Å². The Morgan fingerprint density at radius 1 is 1.21 bits per heavy atom. The van der Waals surface area contributed by atoms with Crippen LogP contribution in [0, 0.1) is 0 Å². The highest BCUT2D eigenvalue weighted by Crippen LogP contribution is 2.20. The summed E-state index contributed by atoms with van der Waals surface area (Å²) >= 11 is 0. The van der Waals surface area contributed by atoms with Crippen molar-refractivity contribution in [1.82, 2.24) is 9.91 Å². The van der Waals surface area contributed by atoms with Gasteiger partial charge in [0.05, 0.1) is 12.7 Å². The highest BCUT2D eigenvalue weighted by Gasteiger charge is 2.34. The Morgan fingerprint density at radius 2 is 1.84 bits per heavy atom. The Bertz CT molecular complexity index is 444. The molecule has 1 aliphatic heterocycles. The molecule has 1 aromatic rings. The van der Waals surface area contributed by atoms with Crippen LogP contribution in [0.5, 0.6) is 0 Å². The Morgan fingerprint density at radius 3 is 2.32 bits per heavy atom. The molecule has 6 nitrogen and oxygen atoms in total. The summed E-state index contributed by atoms with van der Waals surface area (Å²) in [6, 6.07) is 7.91. The summed E-state index contributed by atoms with van der Waals surface area (Å²) in [5.74, 6) is 0. The summed E-state index contributed by atoms with van der Waals surface area (Å²) in [6.45, 7) is 0. The number of anilines is 1. The average molecular weight is 281 g/mol. The Hall–Kier alpha value is -1.91. The van der Waals surface area contributed by atoms with E-state index in [0.29, 0.717) is 0 Å². The number of rotatable bonds is 3. The fraction of sp³-hybridized carbons (Fsp3) is 0.417. The van der Waals surface area contributed by atoms with Crippen LogP contribution >= 0.6 is 0 Å². The molecule has 1 aromatic carbocycles. The van der Waals surface area contributed by atoms with Gasteiger partial charge in [-0.25, -0.2) is 5.01 Å². The molecule has 1 heterocycles. The minimum atomic E-state index is -0.210. The Balaban J connectivity index is 0.00000180. The van der Waals surface area contributed by atoms with Crippen molar-refractivity contribution in [3.8, 4) is 0 Å². The SMILES string of the molecule is CN(C)c1ccc(N=NC2N(C)[C+]=NN2C)cc1.[Cl-]. The summed E-state index contributed by atoms with van der Waals surface area (Å²) in [5.41, 5.74) is 1.97. The second-order valence-electron chi connectivity index (χ2n) is 4.36. The van der Waals surface area contributed by atoms with E-state index < -0.39 is 0 Å². The lowest BCUT2D eigenvalue weighted by Gasteiger charge is -2.12. The highest BCUT2D eigenvalue weighted by molar-refractivity contribution is 5.56. The lowest BCUT2D eigenvalue weighted by Crippen LogP contribution is -3.00. The number of hydrogen-bond acceptors (Lipinski definition) is 6. The van der Waals surface area contributed by atoms with Gasteiger partial charge in [0.2, 0.25) is 0 Å². The first kappa shape index (κ1) is 15.1. The van der Waals surface area contributed by atoms with Crippen molar-refractivity contribution < 1.29 is 12.4 Å². The maximum Gasteiger partial charge on any atom is 0.546 e. The van der Waals surface area contributed by atoms with Gasteiger partial charge < -0.3 is 17.3 Å². The zero-order valence-electron chi connectivity index (χ0n) is 11.4. The molecule has 2 rings (SSSR count). The van der Waals surface area contributed by atoms with Crippen LogP contribution in [0.3, 0.4) is 0 Å². The van der Waals surface area contributed by atoms with Gasteiger partial charge in [-0.15, -0.1) is 10.0 Å². The molecule has 1 unspecified atom stereocenters. The minimum Gasteiger partial charge on any atom is -1.00 e. The van der Waals surface area contributed by atoms with Crippen molar-refractivity contribution in [2.75, 3.05) is 33.1 Å². The van der Waals surface area contributed by atoms with Gasteiger partial charge in [0.25, 0.3) is 6.29 Å². The molecule has 0 aliphatic carbocycles. The van der Waals surface area contributed by atoms with Crippen molar-refractivity contribution in [3.05, 3.63) is 24.3 Å². The molecular weight excluding hydrogens is 264 g/mol. The van der Waals surface area contributed by atoms with Crippen molar-refractivity contribution in [1.29, 1.82) is 0 Å². The van der Waals surface area contributed by atoms with E-state index in [0.717, 1.165) is 11.4 Å². The van der Waals surface area contributed by atoms with Crippen molar-refractivity contribution in [2.24, 2.45) is 15.3 Å². The second-order valence-corrected chi connectivity index (χ2v) is 4.36. The molecule has 0 saturated carbocycles. The van der Waals surface area contributed by atoms with Gasteiger partial charge in [-0.05, 0) is 24.3 Å². The molecule has 0 fully saturated rings. The van der Waals surface area contributed by atoms with Crippen LogP contribution in [-0.2, 0) is 0 Å². The normalized spacial score (nSPS) is 17.6.